The number of hydrogen-bond acceptors (Lipinski definition) is 4. The molecule has 2 aromatic rings. The Bertz CT molecular complexity index is 692. The van der Waals surface area contributed by atoms with Crippen LogP contribution in [0, 0.1) is 0 Å². The van der Waals surface area contributed by atoms with Gasteiger partial charge in [0.05, 0.1) is 0 Å². The molecule has 22 heavy (non-hydrogen) atoms. The fourth-order valence-corrected chi connectivity index (χ4v) is 28.7. The van der Waals surface area contributed by atoms with Gasteiger partial charge in [-0.05, 0) is 0 Å². The maximum absolute atomic E-state index is 10.1. The summed E-state index contributed by atoms with van der Waals surface area (Å²) in [6.07, 6.45) is 1.04. The zero-order chi connectivity index (χ0) is 15.7. The van der Waals surface area contributed by atoms with E-state index in [4.69, 9.17) is 0 Å². The summed E-state index contributed by atoms with van der Waals surface area (Å²) in [7, 11) is 0. The topological polar surface area (TPSA) is 80.9 Å². The molecule has 1 aliphatic heterocycles. The molecule has 4 nitrogen and oxygen atoms in total. The van der Waals surface area contributed by atoms with Gasteiger partial charge in [-0.3, -0.25) is 0 Å². The van der Waals surface area contributed by atoms with Gasteiger partial charge in [-0.2, -0.15) is 0 Å². The van der Waals surface area contributed by atoms with Crippen LogP contribution in [-0.4, -0.2) is 20.4 Å². The minimum absolute atomic E-state index is 0.0280. The van der Waals surface area contributed by atoms with E-state index in [9.17, 15) is 20.4 Å². The van der Waals surface area contributed by atoms with Crippen molar-refractivity contribution in [3.05, 3.63) is 53.1 Å². The van der Waals surface area contributed by atoms with Crippen LogP contribution >= 0.6 is 0 Å². The number of hydrogen-bond donors (Lipinski definition) is 4. The first-order chi connectivity index (χ1) is 10.6. The molecule has 1 heterocycles. The average molecular weight is 545 g/mol. The minimum atomic E-state index is -0.677. The molecule has 1 saturated heterocycles. The SMILES string of the molecule is OCc1cc([CH]2C[CH](c3cccc(O)c3O)[W][Y]2)ccc1O. The first kappa shape index (κ1) is 16.4. The first-order valence-corrected chi connectivity index (χ1v) is 21.5. The number of benzene rings is 2. The summed E-state index contributed by atoms with van der Waals surface area (Å²) in [6, 6.07) is 10.8. The van der Waals surface area contributed by atoms with Crippen molar-refractivity contribution < 1.29 is 58.5 Å². The van der Waals surface area contributed by atoms with Crippen molar-refractivity contribution in [2.45, 2.75) is 20.1 Å². The molecule has 2 atom stereocenters. The molecule has 3 rings (SSSR count). The second-order valence-corrected chi connectivity index (χ2v) is 22.3. The molecule has 113 valence electrons. The van der Waals surface area contributed by atoms with Crippen molar-refractivity contribution in [3.8, 4) is 17.2 Å². The molecule has 2 unspecified atom stereocenters. The number of para-hydroxylation sites is 1. The van der Waals surface area contributed by atoms with Crippen LogP contribution in [0.15, 0.2) is 36.4 Å². The molecule has 0 aliphatic carbocycles. The molecule has 0 aromatic heterocycles. The van der Waals surface area contributed by atoms with E-state index in [1.165, 1.54) is 11.6 Å². The van der Waals surface area contributed by atoms with Crippen molar-refractivity contribution in [1.29, 1.82) is 0 Å². The fourth-order valence-electron chi connectivity index (χ4n) is 2.72. The van der Waals surface area contributed by atoms with E-state index in [1.807, 2.05) is 18.2 Å². The summed E-state index contributed by atoms with van der Waals surface area (Å²) in [5, 5.41) is 38.7. The summed E-state index contributed by atoms with van der Waals surface area (Å²) in [4.78, 5) is 0. The van der Waals surface area contributed by atoms with Gasteiger partial charge in [0.1, 0.15) is 0 Å². The number of rotatable bonds is 3. The number of aliphatic hydroxyl groups excluding tert-OH is 1. The third kappa shape index (κ3) is 3.26. The van der Waals surface area contributed by atoms with E-state index < -0.39 is 38.1 Å². The van der Waals surface area contributed by atoms with Gasteiger partial charge < -0.3 is 0 Å². The number of aliphatic hydroxyl groups is 1. The fraction of sp³-hybridized carbons (Fsp3) is 0.250. The van der Waals surface area contributed by atoms with E-state index in [-0.39, 0.29) is 23.9 Å². The van der Waals surface area contributed by atoms with E-state index in [2.05, 4.69) is 0 Å². The second-order valence-electron chi connectivity index (χ2n) is 5.36. The predicted molar refractivity (Wildman–Crippen MR) is 73.9 cm³/mol. The Labute approximate surface area is 147 Å². The zero-order valence-electron chi connectivity index (χ0n) is 11.8. The Morgan fingerprint density at radius 1 is 1.09 bits per heavy atom. The number of aromatic hydroxyl groups is 3. The third-order valence-corrected chi connectivity index (χ3v) is 26.5. The van der Waals surface area contributed by atoms with Gasteiger partial charge in [0.2, 0.25) is 0 Å². The summed E-state index contributed by atoms with van der Waals surface area (Å²) >= 11 is -1.15. The molecule has 2 aromatic carbocycles. The molecular weight excluding hydrogens is 529 g/mol. The van der Waals surface area contributed by atoms with Crippen LogP contribution in [-0.2, 0) is 44.7 Å². The molecule has 0 amide bonds. The van der Waals surface area contributed by atoms with Crippen molar-refractivity contribution >= 4 is 0 Å². The number of phenols is 3. The molecule has 1 aliphatic rings. The van der Waals surface area contributed by atoms with Crippen LogP contribution in [0.2, 0.25) is 0 Å². The molecule has 0 bridgehead atoms. The molecule has 0 saturated carbocycles. The standard InChI is InChI=1S/C16H16O4.W.Y/c17-10-13-9-11(7-8-14(13)18)3-1-4-12-5-2-6-15(19)16(12)20;;/h2-9,17-20H,1,10H2;;. The Morgan fingerprint density at radius 3 is 2.68 bits per heavy atom. The Balaban J connectivity index is 1.81. The summed E-state index contributed by atoms with van der Waals surface area (Å²) < 4.78 is 1.06. The quantitative estimate of drug-likeness (QED) is 0.448. The Kier molecular flexibility index (Phi) is 5.24. The van der Waals surface area contributed by atoms with Crippen LogP contribution < -0.4 is 0 Å². The van der Waals surface area contributed by atoms with Gasteiger partial charge in [-0.1, -0.05) is 0 Å². The van der Waals surface area contributed by atoms with Gasteiger partial charge in [0, 0.05) is 0 Å². The van der Waals surface area contributed by atoms with E-state index >= 15 is 0 Å². The van der Waals surface area contributed by atoms with Crippen molar-refractivity contribution in [1.82, 2.24) is 0 Å². The van der Waals surface area contributed by atoms with Gasteiger partial charge in [-0.25, -0.2) is 0 Å². The molecule has 6 heteroatoms. The van der Waals surface area contributed by atoms with E-state index in [1.54, 1.807) is 12.1 Å². The first-order valence-electron chi connectivity index (χ1n) is 7.02. The number of phenolic OH excluding ortho intramolecular Hbond substituents is 2. The van der Waals surface area contributed by atoms with Crippen molar-refractivity contribution in [3.63, 3.8) is 0 Å². The molecule has 1 fully saturated rings. The van der Waals surface area contributed by atoms with Gasteiger partial charge in [0.25, 0.3) is 0 Å². The van der Waals surface area contributed by atoms with Gasteiger partial charge in [0.15, 0.2) is 0 Å². The van der Waals surface area contributed by atoms with Crippen molar-refractivity contribution in [2.75, 3.05) is 0 Å². The van der Waals surface area contributed by atoms with Crippen LogP contribution in [0.5, 0.6) is 17.2 Å². The maximum atomic E-state index is 10.1. The summed E-state index contributed by atoms with van der Waals surface area (Å²) in [5.74, 6) is 0.177. The summed E-state index contributed by atoms with van der Waals surface area (Å²) in [6.45, 7) is -0.143. The second kappa shape index (κ2) is 7.00. The van der Waals surface area contributed by atoms with E-state index in [0.717, 1.165) is 12.0 Å². The van der Waals surface area contributed by atoms with E-state index in [0.29, 0.717) is 12.6 Å². The Morgan fingerprint density at radius 2 is 1.91 bits per heavy atom. The van der Waals surface area contributed by atoms with Crippen LogP contribution in [0.25, 0.3) is 0 Å². The third-order valence-electron chi connectivity index (χ3n) is 3.97. The zero-order valence-corrected chi connectivity index (χ0v) is 17.6. The molecule has 4 N–H and O–H groups in total. The molecule has 0 spiro atoms. The monoisotopic (exact) mass is 545 g/mol. The van der Waals surface area contributed by atoms with Crippen LogP contribution in [0.4, 0.5) is 0 Å². The normalized spacial score (nSPS) is 20.4. The summed E-state index contributed by atoms with van der Waals surface area (Å²) in [5.41, 5.74) is 2.74. The van der Waals surface area contributed by atoms with Crippen LogP contribution in [0.1, 0.15) is 30.1 Å². The Hall–Kier alpha value is -0.408. The average Bonchev–Trinajstić information content (AvgIpc) is 3.00. The molecular formula is C16H16O4WY. The molecule has 0 radical (unpaired) electrons. The van der Waals surface area contributed by atoms with Gasteiger partial charge in [-0.15, -0.1) is 0 Å². The van der Waals surface area contributed by atoms with Crippen LogP contribution in [0.3, 0.4) is 0 Å². The van der Waals surface area contributed by atoms with Crippen molar-refractivity contribution in [2.24, 2.45) is 0 Å². The van der Waals surface area contributed by atoms with Gasteiger partial charge >= 0.3 is 149 Å². The predicted octanol–water partition coefficient (Wildman–Crippen LogP) is 2.56.